The van der Waals surface area contributed by atoms with Gasteiger partial charge < -0.3 is 15.7 Å². The quantitative estimate of drug-likeness (QED) is 0.356. The number of nitrogens with zero attached hydrogens (tertiary/aromatic N) is 1. The smallest absolute Gasteiger partial charge is 0.191 e. The van der Waals surface area contributed by atoms with Crippen molar-refractivity contribution >= 4 is 29.9 Å². The number of aliphatic hydroxyl groups is 1. The lowest BCUT2D eigenvalue weighted by atomic mass is 10.1. The normalized spacial score (nSPS) is 11.0. The Morgan fingerprint density at radius 2 is 1.72 bits per heavy atom. The second-order valence-corrected chi connectivity index (χ2v) is 5.91. The molecule has 0 bridgehead atoms. The first kappa shape index (κ1) is 21.4. The summed E-state index contributed by atoms with van der Waals surface area (Å²) in [7, 11) is 0. The van der Waals surface area contributed by atoms with Crippen LogP contribution in [0.3, 0.4) is 0 Å². The van der Waals surface area contributed by atoms with E-state index in [1.807, 2.05) is 24.3 Å². The Hall–Kier alpha value is -1.60. The summed E-state index contributed by atoms with van der Waals surface area (Å²) in [5.74, 6) is 0.783. The Bertz CT molecular complexity index is 701. The van der Waals surface area contributed by atoms with E-state index in [2.05, 4.69) is 54.6 Å². The molecule has 0 aromatic heterocycles. The second kappa shape index (κ2) is 11.1. The van der Waals surface area contributed by atoms with Crippen LogP contribution in [0.15, 0.2) is 47.5 Å². The molecule has 0 fully saturated rings. The van der Waals surface area contributed by atoms with E-state index in [1.54, 1.807) is 0 Å². The zero-order valence-corrected chi connectivity index (χ0v) is 17.5. The third kappa shape index (κ3) is 6.66. The van der Waals surface area contributed by atoms with E-state index in [1.165, 1.54) is 16.7 Å². The van der Waals surface area contributed by atoms with Crippen LogP contribution < -0.4 is 10.6 Å². The van der Waals surface area contributed by atoms with Gasteiger partial charge in [0.05, 0.1) is 13.2 Å². The highest BCUT2D eigenvalue weighted by molar-refractivity contribution is 14.0. The monoisotopic (exact) mass is 453 g/mol. The van der Waals surface area contributed by atoms with E-state index in [0.717, 1.165) is 30.2 Å². The number of aryl methyl sites for hydroxylation is 2. The SMILES string of the molecule is CCNC(=NCc1ccccc1CO)NCc1ccc(C)cc1C.I. The van der Waals surface area contributed by atoms with E-state index in [-0.39, 0.29) is 30.6 Å². The molecule has 0 aliphatic rings. The molecule has 0 heterocycles. The number of halogens is 1. The molecule has 0 unspecified atom stereocenters. The second-order valence-electron chi connectivity index (χ2n) is 5.91. The van der Waals surface area contributed by atoms with Gasteiger partial charge in [-0.1, -0.05) is 48.0 Å². The molecule has 0 atom stereocenters. The fourth-order valence-electron chi connectivity index (χ4n) is 2.60. The lowest BCUT2D eigenvalue weighted by Gasteiger charge is -2.13. The van der Waals surface area contributed by atoms with Gasteiger partial charge in [0.15, 0.2) is 5.96 Å². The fraction of sp³-hybridized carbons (Fsp3) is 0.350. The third-order valence-corrected chi connectivity index (χ3v) is 3.98. The van der Waals surface area contributed by atoms with Crippen molar-refractivity contribution in [1.29, 1.82) is 0 Å². The van der Waals surface area contributed by atoms with Crippen molar-refractivity contribution in [2.75, 3.05) is 6.54 Å². The molecule has 0 saturated carbocycles. The number of aliphatic imine (C=N–C) groups is 1. The maximum absolute atomic E-state index is 9.41. The van der Waals surface area contributed by atoms with Crippen LogP contribution >= 0.6 is 24.0 Å². The summed E-state index contributed by atoms with van der Waals surface area (Å²) in [6.45, 7) is 8.41. The molecular formula is C20H28IN3O. The van der Waals surface area contributed by atoms with Crippen molar-refractivity contribution < 1.29 is 5.11 Å². The van der Waals surface area contributed by atoms with E-state index in [9.17, 15) is 5.11 Å². The molecule has 0 radical (unpaired) electrons. The number of aliphatic hydroxyl groups excluding tert-OH is 1. The first-order valence-corrected chi connectivity index (χ1v) is 8.40. The summed E-state index contributed by atoms with van der Waals surface area (Å²) < 4.78 is 0. The van der Waals surface area contributed by atoms with Crippen molar-refractivity contribution in [1.82, 2.24) is 10.6 Å². The Morgan fingerprint density at radius 1 is 1.00 bits per heavy atom. The molecule has 2 aromatic carbocycles. The van der Waals surface area contributed by atoms with Crippen molar-refractivity contribution in [2.24, 2.45) is 4.99 Å². The molecule has 0 aliphatic carbocycles. The summed E-state index contributed by atoms with van der Waals surface area (Å²) in [5.41, 5.74) is 5.79. The number of nitrogens with one attached hydrogen (secondary N) is 2. The van der Waals surface area contributed by atoms with Crippen molar-refractivity contribution in [3.8, 4) is 0 Å². The predicted octanol–water partition coefficient (Wildman–Crippen LogP) is 3.67. The summed E-state index contributed by atoms with van der Waals surface area (Å²) in [6.07, 6.45) is 0. The number of hydrogen-bond donors (Lipinski definition) is 3. The standard InChI is InChI=1S/C20H27N3O.HI/c1-4-21-20(22-12-17-10-9-15(2)11-16(17)3)23-13-18-7-5-6-8-19(18)14-24;/h5-11,24H,4,12-14H2,1-3H3,(H2,21,22,23);1H. The lowest BCUT2D eigenvalue weighted by Crippen LogP contribution is -2.37. The average Bonchev–Trinajstić information content (AvgIpc) is 2.59. The molecule has 25 heavy (non-hydrogen) atoms. The zero-order chi connectivity index (χ0) is 17.4. The van der Waals surface area contributed by atoms with E-state index >= 15 is 0 Å². The minimum atomic E-state index is 0. The number of benzene rings is 2. The molecule has 3 N–H and O–H groups in total. The third-order valence-electron chi connectivity index (χ3n) is 3.98. The van der Waals surface area contributed by atoms with E-state index < -0.39 is 0 Å². The first-order valence-electron chi connectivity index (χ1n) is 8.40. The zero-order valence-electron chi connectivity index (χ0n) is 15.2. The number of hydrogen-bond acceptors (Lipinski definition) is 2. The maximum Gasteiger partial charge on any atom is 0.191 e. The topological polar surface area (TPSA) is 56.7 Å². The highest BCUT2D eigenvalue weighted by Gasteiger charge is 2.03. The molecule has 2 aromatic rings. The van der Waals surface area contributed by atoms with Crippen molar-refractivity contribution in [3.05, 3.63) is 70.3 Å². The molecule has 0 spiro atoms. The maximum atomic E-state index is 9.41. The molecule has 4 nitrogen and oxygen atoms in total. The molecule has 0 aliphatic heterocycles. The predicted molar refractivity (Wildman–Crippen MR) is 115 cm³/mol. The van der Waals surface area contributed by atoms with Gasteiger partial charge in [-0.3, -0.25) is 0 Å². The van der Waals surface area contributed by atoms with Crippen LogP contribution in [0, 0.1) is 13.8 Å². The minimum Gasteiger partial charge on any atom is -0.392 e. The lowest BCUT2D eigenvalue weighted by molar-refractivity contribution is 0.280. The number of rotatable bonds is 6. The van der Waals surface area contributed by atoms with Gasteiger partial charge in [0, 0.05) is 13.1 Å². The Labute approximate surface area is 167 Å². The molecule has 0 saturated heterocycles. The van der Waals surface area contributed by atoms with Gasteiger partial charge >= 0.3 is 0 Å². The van der Waals surface area contributed by atoms with Gasteiger partial charge in [-0.25, -0.2) is 4.99 Å². The van der Waals surface area contributed by atoms with Gasteiger partial charge in [0.2, 0.25) is 0 Å². The molecular weight excluding hydrogens is 425 g/mol. The highest BCUT2D eigenvalue weighted by atomic mass is 127. The fourth-order valence-corrected chi connectivity index (χ4v) is 2.60. The van der Waals surface area contributed by atoms with Crippen LogP contribution in [0.5, 0.6) is 0 Å². The van der Waals surface area contributed by atoms with Crippen LogP contribution in [-0.4, -0.2) is 17.6 Å². The number of guanidine groups is 1. The summed E-state index contributed by atoms with van der Waals surface area (Å²) >= 11 is 0. The van der Waals surface area contributed by atoms with Gasteiger partial charge in [-0.05, 0) is 43.0 Å². The van der Waals surface area contributed by atoms with Crippen LogP contribution in [-0.2, 0) is 19.7 Å². The van der Waals surface area contributed by atoms with Crippen LogP contribution in [0.25, 0.3) is 0 Å². The summed E-state index contributed by atoms with van der Waals surface area (Å²) in [5, 5.41) is 16.1. The minimum absolute atomic E-state index is 0. The summed E-state index contributed by atoms with van der Waals surface area (Å²) in [4.78, 5) is 4.64. The van der Waals surface area contributed by atoms with Crippen LogP contribution in [0.1, 0.15) is 34.7 Å². The molecule has 136 valence electrons. The van der Waals surface area contributed by atoms with Gasteiger partial charge in [0.1, 0.15) is 0 Å². The van der Waals surface area contributed by atoms with Gasteiger partial charge in [-0.2, -0.15) is 0 Å². The average molecular weight is 453 g/mol. The van der Waals surface area contributed by atoms with Gasteiger partial charge in [-0.15, -0.1) is 24.0 Å². The molecule has 0 amide bonds. The van der Waals surface area contributed by atoms with Crippen LogP contribution in [0.2, 0.25) is 0 Å². The van der Waals surface area contributed by atoms with E-state index in [4.69, 9.17) is 0 Å². The Morgan fingerprint density at radius 3 is 2.36 bits per heavy atom. The Kier molecular flexibility index (Phi) is 9.52. The summed E-state index contributed by atoms with van der Waals surface area (Å²) in [6, 6.07) is 14.3. The Balaban J connectivity index is 0.00000312. The molecule has 5 heteroatoms. The van der Waals surface area contributed by atoms with Crippen LogP contribution in [0.4, 0.5) is 0 Å². The molecule has 2 rings (SSSR count). The first-order chi connectivity index (χ1) is 11.6. The highest BCUT2D eigenvalue weighted by Crippen LogP contribution is 2.11. The van der Waals surface area contributed by atoms with Gasteiger partial charge in [0.25, 0.3) is 0 Å². The van der Waals surface area contributed by atoms with Crippen molar-refractivity contribution in [3.63, 3.8) is 0 Å². The van der Waals surface area contributed by atoms with Crippen molar-refractivity contribution in [2.45, 2.75) is 40.5 Å². The largest absolute Gasteiger partial charge is 0.392 e. The van der Waals surface area contributed by atoms with E-state index in [0.29, 0.717) is 6.54 Å².